The van der Waals surface area contributed by atoms with E-state index in [0.29, 0.717) is 5.69 Å². The lowest BCUT2D eigenvalue weighted by molar-refractivity contribution is -0.352. The lowest BCUT2D eigenvalue weighted by Crippen LogP contribution is -2.65. The molecule has 2 heterocycles. The fourth-order valence-electron chi connectivity index (χ4n) is 3.60. The molecule has 0 aromatic heterocycles. The van der Waals surface area contributed by atoms with Crippen molar-refractivity contribution in [3.05, 3.63) is 36.9 Å². The summed E-state index contributed by atoms with van der Waals surface area (Å²) in [6.07, 6.45) is -14.3. The van der Waals surface area contributed by atoms with Gasteiger partial charge in [0.25, 0.3) is 0 Å². The quantitative estimate of drug-likeness (QED) is 0.171. The number of carbonyl (C=O) groups is 1. The Bertz CT molecular complexity index is 818. The van der Waals surface area contributed by atoms with E-state index in [9.17, 15) is 40.5 Å². The van der Waals surface area contributed by atoms with Gasteiger partial charge in [0.05, 0.1) is 13.2 Å². The molecule has 10 unspecified atom stereocenters. The van der Waals surface area contributed by atoms with Gasteiger partial charge in [-0.2, -0.15) is 0 Å². The molecule has 10 atom stereocenters. The van der Waals surface area contributed by atoms with Gasteiger partial charge in [-0.15, -0.1) is 0 Å². The van der Waals surface area contributed by atoms with Gasteiger partial charge in [-0.05, 0) is 30.3 Å². The van der Waals surface area contributed by atoms with Gasteiger partial charge in [-0.1, -0.05) is 6.58 Å². The third-order valence-electron chi connectivity index (χ3n) is 5.52. The zero-order valence-electron chi connectivity index (χ0n) is 18.0. The largest absolute Gasteiger partial charge is 0.462 e. The Labute approximate surface area is 194 Å². The van der Waals surface area contributed by atoms with Gasteiger partial charge in [0.2, 0.25) is 12.2 Å². The van der Waals surface area contributed by atoms with Crippen molar-refractivity contribution in [3.63, 3.8) is 0 Å². The molecule has 0 aliphatic carbocycles. The number of rotatable bonds is 8. The molecule has 13 nitrogen and oxygen atoms in total. The van der Waals surface area contributed by atoms with E-state index >= 15 is 0 Å². The van der Waals surface area contributed by atoms with Crippen LogP contribution in [0.25, 0.3) is 0 Å². The van der Waals surface area contributed by atoms with E-state index in [1.807, 2.05) is 0 Å². The van der Waals surface area contributed by atoms with Gasteiger partial charge >= 0.3 is 0 Å². The number of benzene rings is 1. The number of carbonyl (C=O) groups excluding carboxylic acids is 1. The van der Waals surface area contributed by atoms with Crippen LogP contribution in [0.5, 0.6) is 5.75 Å². The molecule has 2 fully saturated rings. The lowest BCUT2D eigenvalue weighted by Gasteiger charge is -2.45. The van der Waals surface area contributed by atoms with Crippen LogP contribution in [0, 0.1) is 0 Å². The van der Waals surface area contributed by atoms with Gasteiger partial charge in [0.15, 0.2) is 6.29 Å². The SMILES string of the molecule is C=CC(=O)Nc1ccc(OC2OC(CO)C(OC3OC(CO)C(O)C(O)C3O)C(O)C2O)cc1. The van der Waals surface area contributed by atoms with E-state index in [4.69, 9.17) is 18.9 Å². The molecule has 3 rings (SSSR count). The van der Waals surface area contributed by atoms with E-state index in [1.165, 1.54) is 24.3 Å². The average Bonchev–Trinajstić information content (AvgIpc) is 2.84. The number of nitrogens with one attached hydrogen (secondary N) is 1. The molecule has 1 aromatic rings. The number of ether oxygens (including phenoxy) is 4. The van der Waals surface area contributed by atoms with Crippen LogP contribution in [-0.2, 0) is 19.0 Å². The molecule has 0 radical (unpaired) electrons. The van der Waals surface area contributed by atoms with Crippen molar-refractivity contribution >= 4 is 11.6 Å². The Balaban J connectivity index is 1.67. The molecule has 1 amide bonds. The highest BCUT2D eigenvalue weighted by Crippen LogP contribution is 2.30. The first-order valence-corrected chi connectivity index (χ1v) is 10.5. The minimum Gasteiger partial charge on any atom is -0.462 e. The summed E-state index contributed by atoms with van der Waals surface area (Å²) >= 11 is 0. The molecule has 2 aliphatic heterocycles. The lowest BCUT2D eigenvalue weighted by atomic mass is 9.97. The molecule has 2 aliphatic rings. The van der Waals surface area contributed by atoms with E-state index in [-0.39, 0.29) is 5.75 Å². The number of aliphatic hydroxyl groups is 7. The van der Waals surface area contributed by atoms with Gasteiger partial charge in [0, 0.05) is 5.69 Å². The molecule has 190 valence electrons. The smallest absolute Gasteiger partial charge is 0.247 e. The van der Waals surface area contributed by atoms with Crippen molar-refractivity contribution in [2.24, 2.45) is 0 Å². The first-order valence-electron chi connectivity index (χ1n) is 10.5. The van der Waals surface area contributed by atoms with Crippen molar-refractivity contribution in [2.75, 3.05) is 18.5 Å². The Kier molecular flexibility index (Phi) is 8.95. The maximum Gasteiger partial charge on any atom is 0.247 e. The molecular weight excluding hydrogens is 458 g/mol. The van der Waals surface area contributed by atoms with Crippen molar-refractivity contribution in [3.8, 4) is 5.75 Å². The van der Waals surface area contributed by atoms with E-state index < -0.39 is 80.5 Å². The number of hydrogen-bond donors (Lipinski definition) is 8. The highest BCUT2D eigenvalue weighted by Gasteiger charge is 2.51. The van der Waals surface area contributed by atoms with Crippen LogP contribution in [0.3, 0.4) is 0 Å². The van der Waals surface area contributed by atoms with Crippen LogP contribution in [0.4, 0.5) is 5.69 Å². The third kappa shape index (κ3) is 5.72. The summed E-state index contributed by atoms with van der Waals surface area (Å²) in [7, 11) is 0. The summed E-state index contributed by atoms with van der Waals surface area (Å²) in [5.41, 5.74) is 0.462. The Hall–Kier alpha value is -2.17. The van der Waals surface area contributed by atoms with Crippen molar-refractivity contribution < 1.29 is 59.5 Å². The Morgan fingerprint density at radius 3 is 2.06 bits per heavy atom. The van der Waals surface area contributed by atoms with Crippen LogP contribution in [0.1, 0.15) is 0 Å². The van der Waals surface area contributed by atoms with E-state index in [0.717, 1.165) is 6.08 Å². The first-order chi connectivity index (χ1) is 16.2. The highest BCUT2D eigenvalue weighted by molar-refractivity contribution is 5.98. The molecule has 0 bridgehead atoms. The minimum atomic E-state index is -1.75. The monoisotopic (exact) mass is 487 g/mol. The highest BCUT2D eigenvalue weighted by atomic mass is 16.7. The predicted octanol–water partition coefficient (Wildman–Crippen LogP) is -3.19. The molecule has 0 spiro atoms. The van der Waals surface area contributed by atoms with Gasteiger partial charge in [-0.25, -0.2) is 0 Å². The zero-order valence-corrected chi connectivity index (χ0v) is 18.0. The second-order valence-corrected chi connectivity index (χ2v) is 7.84. The van der Waals surface area contributed by atoms with Gasteiger partial charge in [0.1, 0.15) is 54.6 Å². The molecule has 2 saturated heterocycles. The summed E-state index contributed by atoms with van der Waals surface area (Å²) in [6.45, 7) is 1.98. The Morgan fingerprint density at radius 1 is 0.882 bits per heavy atom. The molecule has 8 N–H and O–H groups in total. The van der Waals surface area contributed by atoms with Crippen LogP contribution in [-0.4, -0.2) is 116 Å². The summed E-state index contributed by atoms with van der Waals surface area (Å²) in [4.78, 5) is 11.4. The number of amides is 1. The predicted molar refractivity (Wildman–Crippen MR) is 112 cm³/mol. The zero-order chi connectivity index (χ0) is 25.0. The van der Waals surface area contributed by atoms with Gasteiger partial charge in [-0.3, -0.25) is 4.79 Å². The topological polar surface area (TPSA) is 208 Å². The minimum absolute atomic E-state index is 0.220. The van der Waals surface area contributed by atoms with E-state index in [2.05, 4.69) is 11.9 Å². The molecule has 13 heteroatoms. The second kappa shape index (κ2) is 11.5. The fourth-order valence-corrected chi connectivity index (χ4v) is 3.60. The summed E-state index contributed by atoms with van der Waals surface area (Å²) in [5, 5.41) is 72.7. The number of aliphatic hydroxyl groups excluding tert-OH is 7. The van der Waals surface area contributed by atoms with Crippen LogP contribution in [0.2, 0.25) is 0 Å². The molecule has 34 heavy (non-hydrogen) atoms. The third-order valence-corrected chi connectivity index (χ3v) is 5.52. The first kappa shape index (κ1) is 26.4. The average molecular weight is 487 g/mol. The van der Waals surface area contributed by atoms with Crippen LogP contribution >= 0.6 is 0 Å². The maximum absolute atomic E-state index is 11.4. The summed E-state index contributed by atoms with van der Waals surface area (Å²) in [6, 6.07) is 6.01. The van der Waals surface area contributed by atoms with E-state index in [1.54, 1.807) is 0 Å². The van der Waals surface area contributed by atoms with Gasteiger partial charge < -0.3 is 60.0 Å². The maximum atomic E-state index is 11.4. The second-order valence-electron chi connectivity index (χ2n) is 7.84. The van der Waals surface area contributed by atoms with Crippen LogP contribution < -0.4 is 10.1 Å². The molecular formula is C21H29NO12. The standard InChI is InChI=1S/C21H29NO12/c1-2-13(25)22-9-3-5-10(6-4-9)31-20-18(30)16(28)19(12(8-24)33-20)34-21-17(29)15(27)14(26)11(7-23)32-21/h2-6,11-12,14-21,23-24,26-30H,1,7-8H2,(H,22,25). The molecule has 1 aromatic carbocycles. The van der Waals surface area contributed by atoms with Crippen molar-refractivity contribution in [1.29, 1.82) is 0 Å². The number of anilines is 1. The van der Waals surface area contributed by atoms with Crippen molar-refractivity contribution in [2.45, 2.75) is 61.4 Å². The summed E-state index contributed by atoms with van der Waals surface area (Å²) < 4.78 is 21.8. The number of hydrogen-bond acceptors (Lipinski definition) is 12. The fraction of sp³-hybridized carbons (Fsp3) is 0.571. The molecule has 0 saturated carbocycles. The summed E-state index contributed by atoms with van der Waals surface area (Å²) in [5.74, 6) is -0.183. The van der Waals surface area contributed by atoms with Crippen LogP contribution in [0.15, 0.2) is 36.9 Å². The Morgan fingerprint density at radius 2 is 1.47 bits per heavy atom. The normalized spacial score (nSPS) is 38.2. The van der Waals surface area contributed by atoms with Crippen molar-refractivity contribution in [1.82, 2.24) is 0 Å².